The first-order valence-corrected chi connectivity index (χ1v) is 10.2. The summed E-state index contributed by atoms with van der Waals surface area (Å²) in [4.78, 5) is 42.8. The van der Waals surface area contributed by atoms with Crippen LogP contribution in [0.2, 0.25) is 0 Å². The third-order valence-corrected chi connectivity index (χ3v) is 5.65. The Bertz CT molecular complexity index is 1130. The van der Waals surface area contributed by atoms with Crippen molar-refractivity contribution in [3.63, 3.8) is 0 Å². The minimum atomic E-state index is -0.500. The molecular weight excluding hydrogens is 378 g/mol. The van der Waals surface area contributed by atoms with Crippen molar-refractivity contribution in [1.29, 1.82) is 0 Å². The molecule has 3 aromatic rings. The van der Waals surface area contributed by atoms with E-state index in [0.29, 0.717) is 24.3 Å². The Morgan fingerprint density at radius 2 is 1.90 bits per heavy atom. The molecule has 2 amide bonds. The molecule has 0 radical (unpaired) electrons. The van der Waals surface area contributed by atoms with Gasteiger partial charge < -0.3 is 9.80 Å². The number of aromatic nitrogens is 3. The van der Waals surface area contributed by atoms with E-state index in [-0.39, 0.29) is 11.8 Å². The zero-order valence-corrected chi connectivity index (χ0v) is 17.7. The van der Waals surface area contributed by atoms with Gasteiger partial charge in [-0.3, -0.25) is 9.59 Å². The number of hydrogen-bond acceptors (Lipinski definition) is 5. The van der Waals surface area contributed by atoms with Gasteiger partial charge in [-0.25, -0.2) is 15.0 Å². The normalized spacial score (nSPS) is 16.9. The number of likely N-dealkylation sites (N-methyl/N-ethyl adjacent to an activating group) is 1. The first kappa shape index (κ1) is 19.9. The van der Waals surface area contributed by atoms with Gasteiger partial charge in [0.05, 0.1) is 16.8 Å². The molecule has 7 nitrogen and oxygen atoms in total. The van der Waals surface area contributed by atoms with Gasteiger partial charge in [-0.15, -0.1) is 0 Å². The van der Waals surface area contributed by atoms with Crippen molar-refractivity contribution >= 4 is 22.7 Å². The maximum Gasteiger partial charge on any atom is 0.255 e. The van der Waals surface area contributed by atoms with Crippen molar-refractivity contribution in [1.82, 2.24) is 24.8 Å². The molecule has 0 aliphatic carbocycles. The van der Waals surface area contributed by atoms with Crippen LogP contribution in [-0.4, -0.2) is 62.7 Å². The van der Waals surface area contributed by atoms with E-state index in [1.54, 1.807) is 42.2 Å². The zero-order chi connectivity index (χ0) is 21.4. The van der Waals surface area contributed by atoms with Gasteiger partial charge in [0.1, 0.15) is 11.9 Å². The highest BCUT2D eigenvalue weighted by molar-refractivity contribution is 6.08. The molecule has 1 aliphatic rings. The fourth-order valence-electron chi connectivity index (χ4n) is 3.78. The smallest absolute Gasteiger partial charge is 0.255 e. The highest BCUT2D eigenvalue weighted by Crippen LogP contribution is 2.27. The molecule has 0 spiro atoms. The number of benzene rings is 1. The molecule has 1 fully saturated rings. The van der Waals surface area contributed by atoms with Crippen molar-refractivity contribution < 1.29 is 9.59 Å². The average Bonchev–Trinajstić information content (AvgIpc) is 2.76. The Labute approximate surface area is 175 Å². The lowest BCUT2D eigenvalue weighted by atomic mass is 10.0. The molecule has 1 aliphatic heterocycles. The highest BCUT2D eigenvalue weighted by Gasteiger charge is 2.33. The van der Waals surface area contributed by atoms with Crippen LogP contribution in [0, 0.1) is 6.92 Å². The number of carbonyl (C=O) groups is 2. The third-order valence-electron chi connectivity index (χ3n) is 5.65. The molecule has 0 N–H and O–H groups in total. The number of fused-ring (bicyclic) bond motifs is 1. The Kier molecular flexibility index (Phi) is 5.20. The van der Waals surface area contributed by atoms with Crippen molar-refractivity contribution in [2.45, 2.75) is 33.2 Å². The van der Waals surface area contributed by atoms with Crippen LogP contribution in [-0.2, 0) is 11.2 Å². The molecule has 4 rings (SSSR count). The molecule has 1 saturated heterocycles. The molecule has 0 saturated carbocycles. The number of amides is 2. The monoisotopic (exact) mass is 403 g/mol. The second-order valence-corrected chi connectivity index (χ2v) is 7.75. The average molecular weight is 403 g/mol. The van der Waals surface area contributed by atoms with Gasteiger partial charge in [-0.05, 0) is 32.0 Å². The molecule has 7 heteroatoms. The predicted molar refractivity (Wildman–Crippen MR) is 115 cm³/mol. The minimum Gasteiger partial charge on any atom is -0.342 e. The fourth-order valence-corrected chi connectivity index (χ4v) is 3.78. The number of rotatable bonds is 3. The lowest BCUT2D eigenvalue weighted by Gasteiger charge is -2.37. The maximum absolute atomic E-state index is 13.6. The topological polar surface area (TPSA) is 79.3 Å². The quantitative estimate of drug-likeness (QED) is 0.672. The highest BCUT2D eigenvalue weighted by atomic mass is 16.2. The summed E-state index contributed by atoms with van der Waals surface area (Å²) in [6.07, 6.45) is 4.23. The second-order valence-electron chi connectivity index (χ2n) is 7.75. The van der Waals surface area contributed by atoms with E-state index in [4.69, 9.17) is 4.98 Å². The zero-order valence-electron chi connectivity index (χ0n) is 17.7. The summed E-state index contributed by atoms with van der Waals surface area (Å²) < 4.78 is 0. The van der Waals surface area contributed by atoms with E-state index in [1.165, 1.54) is 0 Å². The lowest BCUT2D eigenvalue weighted by molar-refractivity contribution is -0.137. The fraction of sp³-hybridized carbons (Fsp3) is 0.348. The van der Waals surface area contributed by atoms with Crippen molar-refractivity contribution in [2.24, 2.45) is 0 Å². The van der Waals surface area contributed by atoms with Gasteiger partial charge in [0.2, 0.25) is 5.91 Å². The number of carbonyl (C=O) groups excluding carboxylic acids is 2. The Hall–Kier alpha value is -3.35. The molecule has 1 atom stereocenters. The Balaban J connectivity index is 1.83. The van der Waals surface area contributed by atoms with E-state index in [9.17, 15) is 9.59 Å². The van der Waals surface area contributed by atoms with Gasteiger partial charge in [-0.2, -0.15) is 0 Å². The van der Waals surface area contributed by atoms with Crippen molar-refractivity contribution in [2.75, 3.05) is 20.1 Å². The molecule has 2 aromatic heterocycles. The molecule has 3 heterocycles. The van der Waals surface area contributed by atoms with Crippen LogP contribution in [0.25, 0.3) is 22.2 Å². The van der Waals surface area contributed by atoms with Crippen LogP contribution in [0.3, 0.4) is 0 Å². The number of aryl methyl sites for hydroxylation is 2. The Morgan fingerprint density at radius 3 is 2.60 bits per heavy atom. The summed E-state index contributed by atoms with van der Waals surface area (Å²) in [5.41, 5.74) is 3.72. The standard InChI is InChI=1S/C23H25N5O2/c1-5-21-24-12-16(13-25-21)20-11-18(17-10-14(2)6-7-19(17)26-20)23(30)28-9-8-27(4)22(29)15(28)3/h6-7,10-13,15H,5,8-9H2,1-4H3/t15-/m0/s1. The van der Waals surface area contributed by atoms with Crippen molar-refractivity contribution in [3.05, 3.63) is 53.6 Å². The molecule has 30 heavy (non-hydrogen) atoms. The number of nitrogens with zero attached hydrogens (tertiary/aromatic N) is 5. The third kappa shape index (κ3) is 3.51. The summed E-state index contributed by atoms with van der Waals surface area (Å²) in [7, 11) is 1.77. The van der Waals surface area contributed by atoms with E-state index in [2.05, 4.69) is 9.97 Å². The molecular formula is C23H25N5O2. The number of pyridine rings is 1. The lowest BCUT2D eigenvalue weighted by Crippen LogP contribution is -2.56. The van der Waals surface area contributed by atoms with Crippen molar-refractivity contribution in [3.8, 4) is 11.3 Å². The SMILES string of the molecule is CCc1ncc(-c2cc(C(=O)N3CCN(C)C(=O)[C@@H]3C)c3cc(C)ccc3n2)cn1. The molecule has 0 unspecified atom stereocenters. The van der Waals surface area contributed by atoms with Gasteiger partial charge >= 0.3 is 0 Å². The Morgan fingerprint density at radius 1 is 1.17 bits per heavy atom. The van der Waals surface area contributed by atoms with Crippen LogP contribution >= 0.6 is 0 Å². The minimum absolute atomic E-state index is 0.0482. The summed E-state index contributed by atoms with van der Waals surface area (Å²) in [6.45, 7) is 6.79. The summed E-state index contributed by atoms with van der Waals surface area (Å²) >= 11 is 0. The van der Waals surface area contributed by atoms with Gasteiger partial charge in [-0.1, -0.05) is 18.6 Å². The summed E-state index contributed by atoms with van der Waals surface area (Å²) in [5.74, 6) is 0.554. The molecule has 0 bridgehead atoms. The van der Waals surface area contributed by atoms with Gasteiger partial charge in [0, 0.05) is 49.9 Å². The summed E-state index contributed by atoms with van der Waals surface area (Å²) in [6, 6.07) is 7.17. The van der Waals surface area contributed by atoms with Crippen LogP contribution in [0.1, 0.15) is 35.6 Å². The van der Waals surface area contributed by atoms with Crippen LogP contribution < -0.4 is 0 Å². The number of hydrogen-bond donors (Lipinski definition) is 0. The summed E-state index contributed by atoms with van der Waals surface area (Å²) in [5, 5.41) is 0.786. The largest absolute Gasteiger partial charge is 0.342 e. The van der Waals surface area contributed by atoms with E-state index in [1.807, 2.05) is 32.0 Å². The van der Waals surface area contributed by atoms with Gasteiger partial charge in [0.25, 0.3) is 5.91 Å². The molecule has 1 aromatic carbocycles. The number of piperazine rings is 1. The predicted octanol–water partition coefficient (Wildman–Crippen LogP) is 2.87. The van der Waals surface area contributed by atoms with E-state index in [0.717, 1.165) is 34.3 Å². The van der Waals surface area contributed by atoms with Crippen LogP contribution in [0.5, 0.6) is 0 Å². The first-order chi connectivity index (χ1) is 14.4. The van der Waals surface area contributed by atoms with E-state index < -0.39 is 6.04 Å². The first-order valence-electron chi connectivity index (χ1n) is 10.2. The van der Waals surface area contributed by atoms with Gasteiger partial charge in [0.15, 0.2) is 0 Å². The second kappa shape index (κ2) is 7.82. The van der Waals surface area contributed by atoms with Crippen LogP contribution in [0.15, 0.2) is 36.7 Å². The molecule has 154 valence electrons. The van der Waals surface area contributed by atoms with Crippen LogP contribution in [0.4, 0.5) is 0 Å². The van der Waals surface area contributed by atoms with E-state index >= 15 is 0 Å². The maximum atomic E-state index is 13.6.